The van der Waals surface area contributed by atoms with Crippen LogP contribution in [0.15, 0.2) is 28.8 Å². The van der Waals surface area contributed by atoms with Gasteiger partial charge >= 0.3 is 0 Å². The van der Waals surface area contributed by atoms with E-state index in [0.717, 1.165) is 5.69 Å². The van der Waals surface area contributed by atoms with E-state index in [1.54, 1.807) is 25.3 Å². The zero-order valence-electron chi connectivity index (χ0n) is 11.0. The fraction of sp³-hybridized carbons (Fsp3) is 0.286. The van der Waals surface area contributed by atoms with Crippen LogP contribution in [0.1, 0.15) is 30.0 Å². The van der Waals surface area contributed by atoms with Crippen molar-refractivity contribution >= 4 is 0 Å². The number of nitrogens with zero attached hydrogens (tertiary/aromatic N) is 2. The lowest BCUT2D eigenvalue weighted by Gasteiger charge is -2.14. The highest BCUT2D eigenvalue weighted by molar-refractivity contribution is 5.46. The minimum absolute atomic E-state index is 0.316. The lowest BCUT2D eigenvalue weighted by atomic mass is 10.2. The Kier molecular flexibility index (Phi) is 3.71. The lowest BCUT2D eigenvalue weighted by Crippen LogP contribution is -2.03. The summed E-state index contributed by atoms with van der Waals surface area (Å²) in [5.41, 5.74) is 1.31. The minimum Gasteiger partial charge on any atom is -0.493 e. The summed E-state index contributed by atoms with van der Waals surface area (Å²) in [5, 5.41) is 12.7. The average molecular weight is 258 g/mol. The Morgan fingerprint density at radius 3 is 2.68 bits per heavy atom. The molecule has 1 aromatic carbocycles. The molecule has 98 valence electrons. The third-order valence-corrected chi connectivity index (χ3v) is 2.64. The van der Waals surface area contributed by atoms with Crippen molar-refractivity contribution in [3.63, 3.8) is 0 Å². The second kappa shape index (κ2) is 5.44. The van der Waals surface area contributed by atoms with Crippen LogP contribution < -0.4 is 9.47 Å². The quantitative estimate of drug-likeness (QED) is 0.843. The van der Waals surface area contributed by atoms with Gasteiger partial charge in [0.25, 0.3) is 0 Å². The van der Waals surface area contributed by atoms with Crippen LogP contribution >= 0.6 is 0 Å². The van der Waals surface area contributed by atoms with E-state index < -0.39 is 0 Å². The highest BCUT2D eigenvalue weighted by Gasteiger charge is 2.15. The minimum atomic E-state index is -0.316. The summed E-state index contributed by atoms with van der Waals surface area (Å²) in [6.07, 6.45) is -0.316. The van der Waals surface area contributed by atoms with Crippen LogP contribution in [0.5, 0.6) is 11.5 Å². The zero-order chi connectivity index (χ0) is 13.8. The molecule has 2 rings (SSSR count). The Labute approximate surface area is 111 Å². The van der Waals surface area contributed by atoms with Crippen LogP contribution in [0.3, 0.4) is 0 Å². The first-order valence-corrected chi connectivity index (χ1v) is 5.82. The van der Waals surface area contributed by atoms with E-state index in [2.05, 4.69) is 11.2 Å². The molecule has 0 saturated heterocycles. The number of benzene rings is 1. The predicted octanol–water partition coefficient (Wildman–Crippen LogP) is 3.00. The Morgan fingerprint density at radius 2 is 2.11 bits per heavy atom. The first kappa shape index (κ1) is 13.0. The number of hydrogen-bond donors (Lipinski definition) is 0. The van der Waals surface area contributed by atoms with Gasteiger partial charge in [0.1, 0.15) is 0 Å². The number of hydrogen-bond acceptors (Lipinski definition) is 5. The molecule has 0 saturated carbocycles. The number of aromatic nitrogens is 1. The third kappa shape index (κ3) is 2.86. The Bertz CT molecular complexity index is 613. The molecule has 0 aliphatic carbocycles. The van der Waals surface area contributed by atoms with Crippen molar-refractivity contribution in [2.75, 3.05) is 7.11 Å². The summed E-state index contributed by atoms with van der Waals surface area (Å²) >= 11 is 0. The molecular weight excluding hydrogens is 244 g/mol. The fourth-order valence-corrected chi connectivity index (χ4v) is 1.66. The molecule has 0 amide bonds. The van der Waals surface area contributed by atoms with Gasteiger partial charge in [0.05, 0.1) is 24.4 Å². The van der Waals surface area contributed by atoms with Gasteiger partial charge in [-0.25, -0.2) is 0 Å². The van der Waals surface area contributed by atoms with Gasteiger partial charge in [-0.15, -0.1) is 0 Å². The summed E-state index contributed by atoms with van der Waals surface area (Å²) in [7, 11) is 1.55. The van der Waals surface area contributed by atoms with Crippen molar-refractivity contribution in [1.29, 1.82) is 5.26 Å². The van der Waals surface area contributed by atoms with E-state index in [1.807, 2.05) is 19.9 Å². The van der Waals surface area contributed by atoms with Crippen LogP contribution in [0, 0.1) is 18.3 Å². The first-order valence-electron chi connectivity index (χ1n) is 5.82. The second-order valence-electron chi connectivity index (χ2n) is 4.11. The molecule has 0 bridgehead atoms. The van der Waals surface area contributed by atoms with Crippen LogP contribution in [-0.4, -0.2) is 12.3 Å². The molecule has 0 aliphatic heterocycles. The van der Waals surface area contributed by atoms with Crippen molar-refractivity contribution < 1.29 is 14.0 Å². The molecule has 1 aromatic heterocycles. The number of ether oxygens (including phenoxy) is 2. The SMILES string of the molecule is COc1ccc(C#N)cc1OC(C)c1cc(C)no1. The van der Waals surface area contributed by atoms with Gasteiger partial charge in [-0.05, 0) is 26.0 Å². The van der Waals surface area contributed by atoms with E-state index in [1.165, 1.54) is 0 Å². The van der Waals surface area contributed by atoms with Gasteiger partial charge in [0.15, 0.2) is 23.4 Å². The maximum atomic E-state index is 8.91. The van der Waals surface area contributed by atoms with E-state index in [-0.39, 0.29) is 6.10 Å². The van der Waals surface area contributed by atoms with Crippen LogP contribution in [0.2, 0.25) is 0 Å². The average Bonchev–Trinajstić information content (AvgIpc) is 2.85. The maximum absolute atomic E-state index is 8.91. The summed E-state index contributed by atoms with van der Waals surface area (Å²) in [6.45, 7) is 3.69. The predicted molar refractivity (Wildman–Crippen MR) is 68.0 cm³/mol. The van der Waals surface area contributed by atoms with Gasteiger partial charge in [-0.2, -0.15) is 5.26 Å². The largest absolute Gasteiger partial charge is 0.493 e. The molecule has 0 radical (unpaired) electrons. The van der Waals surface area contributed by atoms with Crippen molar-refractivity contribution in [3.05, 3.63) is 41.3 Å². The third-order valence-electron chi connectivity index (χ3n) is 2.64. The summed E-state index contributed by atoms with van der Waals surface area (Å²) < 4.78 is 16.1. The van der Waals surface area contributed by atoms with Crippen molar-refractivity contribution in [1.82, 2.24) is 5.16 Å². The van der Waals surface area contributed by atoms with Crippen LogP contribution in [-0.2, 0) is 0 Å². The summed E-state index contributed by atoms with van der Waals surface area (Å²) in [4.78, 5) is 0. The molecule has 5 nitrogen and oxygen atoms in total. The molecule has 0 aliphatic rings. The number of nitriles is 1. The Hall–Kier alpha value is -2.48. The smallest absolute Gasteiger partial charge is 0.177 e. The van der Waals surface area contributed by atoms with Gasteiger partial charge in [0, 0.05) is 12.1 Å². The fourth-order valence-electron chi connectivity index (χ4n) is 1.66. The zero-order valence-corrected chi connectivity index (χ0v) is 11.0. The molecule has 0 fully saturated rings. The molecule has 5 heteroatoms. The van der Waals surface area contributed by atoms with Gasteiger partial charge < -0.3 is 14.0 Å². The summed E-state index contributed by atoms with van der Waals surface area (Å²) in [6, 6.07) is 8.89. The van der Waals surface area contributed by atoms with Gasteiger partial charge in [-0.3, -0.25) is 0 Å². The topological polar surface area (TPSA) is 68.3 Å². The van der Waals surface area contributed by atoms with Crippen LogP contribution in [0.4, 0.5) is 0 Å². The number of rotatable bonds is 4. The first-order chi connectivity index (χ1) is 9.13. The Balaban J connectivity index is 2.24. The maximum Gasteiger partial charge on any atom is 0.177 e. The Morgan fingerprint density at radius 1 is 1.32 bits per heavy atom. The molecular formula is C14H14N2O3. The number of methoxy groups -OCH3 is 1. The van der Waals surface area contributed by atoms with Crippen LogP contribution in [0.25, 0.3) is 0 Å². The van der Waals surface area contributed by atoms with E-state index in [4.69, 9.17) is 19.3 Å². The van der Waals surface area contributed by atoms with E-state index in [9.17, 15) is 0 Å². The highest BCUT2D eigenvalue weighted by Crippen LogP contribution is 2.32. The molecule has 19 heavy (non-hydrogen) atoms. The normalized spacial score (nSPS) is 11.7. The van der Waals surface area contributed by atoms with Crippen molar-refractivity contribution in [3.8, 4) is 17.6 Å². The summed E-state index contributed by atoms with van der Waals surface area (Å²) in [5.74, 6) is 1.70. The second-order valence-corrected chi connectivity index (χ2v) is 4.11. The molecule has 0 N–H and O–H groups in total. The van der Waals surface area contributed by atoms with E-state index >= 15 is 0 Å². The van der Waals surface area contributed by atoms with Gasteiger partial charge in [0.2, 0.25) is 0 Å². The van der Waals surface area contributed by atoms with Crippen molar-refractivity contribution in [2.24, 2.45) is 0 Å². The lowest BCUT2D eigenvalue weighted by molar-refractivity contribution is 0.175. The molecule has 2 aromatic rings. The number of aryl methyl sites for hydroxylation is 1. The van der Waals surface area contributed by atoms with Gasteiger partial charge in [-0.1, -0.05) is 5.16 Å². The van der Waals surface area contributed by atoms with E-state index in [0.29, 0.717) is 22.8 Å². The molecule has 1 atom stereocenters. The highest BCUT2D eigenvalue weighted by atomic mass is 16.5. The molecule has 0 spiro atoms. The molecule has 1 unspecified atom stereocenters. The standard InChI is InChI=1S/C14H14N2O3/c1-9-6-13(19-16-9)10(2)18-14-7-11(8-15)4-5-12(14)17-3/h4-7,10H,1-3H3. The molecule has 1 heterocycles. The monoisotopic (exact) mass is 258 g/mol. The van der Waals surface area contributed by atoms with Crippen molar-refractivity contribution in [2.45, 2.75) is 20.0 Å².